The fourth-order valence-corrected chi connectivity index (χ4v) is 2.43. The molecule has 0 aromatic heterocycles. The topological polar surface area (TPSA) is 55.1 Å². The lowest BCUT2D eigenvalue weighted by Crippen LogP contribution is -2.31. The van der Waals surface area contributed by atoms with Gasteiger partial charge < -0.3 is 11.1 Å². The molecule has 0 bridgehead atoms. The molecule has 0 aliphatic heterocycles. The van der Waals surface area contributed by atoms with Crippen molar-refractivity contribution in [1.82, 2.24) is 0 Å². The van der Waals surface area contributed by atoms with E-state index >= 15 is 0 Å². The van der Waals surface area contributed by atoms with Crippen LogP contribution in [-0.4, -0.2) is 11.9 Å². The van der Waals surface area contributed by atoms with Crippen LogP contribution < -0.4 is 11.1 Å². The van der Waals surface area contributed by atoms with E-state index in [1.807, 2.05) is 39.8 Å². The highest BCUT2D eigenvalue weighted by Crippen LogP contribution is 2.25. The third-order valence-corrected chi connectivity index (χ3v) is 3.50. The molecule has 3 N–H and O–H groups in total. The lowest BCUT2D eigenvalue weighted by Gasteiger charge is -2.17. The summed E-state index contributed by atoms with van der Waals surface area (Å²) in [5, 5.41) is 2.95. The number of anilines is 1. The lowest BCUT2D eigenvalue weighted by molar-refractivity contribution is -0.116. The van der Waals surface area contributed by atoms with Crippen LogP contribution in [0.25, 0.3) is 0 Å². The predicted molar refractivity (Wildman–Crippen MR) is 79.7 cm³/mol. The second-order valence-electron chi connectivity index (χ2n) is 5.07. The maximum Gasteiger partial charge on any atom is 0.225 e. The van der Waals surface area contributed by atoms with Gasteiger partial charge in [0, 0.05) is 22.6 Å². The summed E-state index contributed by atoms with van der Waals surface area (Å²) in [6.07, 6.45) is 0.354. The fourth-order valence-electron chi connectivity index (χ4n) is 1.75. The summed E-state index contributed by atoms with van der Waals surface area (Å²) in [5.41, 5.74) is 8.89. The van der Waals surface area contributed by atoms with Gasteiger partial charge in [0.25, 0.3) is 0 Å². The Morgan fingerprint density at radius 1 is 1.33 bits per heavy atom. The maximum absolute atomic E-state index is 11.9. The largest absolute Gasteiger partial charge is 0.327 e. The highest BCUT2D eigenvalue weighted by Gasteiger charge is 2.14. The number of carbonyl (C=O) groups excluding carboxylic acids is 1. The van der Waals surface area contributed by atoms with E-state index in [0.717, 1.165) is 21.3 Å². The van der Waals surface area contributed by atoms with E-state index in [1.54, 1.807) is 0 Å². The molecule has 1 amide bonds. The summed E-state index contributed by atoms with van der Waals surface area (Å²) in [7, 11) is 0. The van der Waals surface area contributed by atoms with Gasteiger partial charge in [-0.3, -0.25) is 4.79 Å². The molecule has 0 aliphatic rings. The summed E-state index contributed by atoms with van der Waals surface area (Å²) in [6.45, 7) is 8.01. The molecule has 1 aromatic rings. The number of hydrogen-bond acceptors (Lipinski definition) is 2. The first-order valence-corrected chi connectivity index (χ1v) is 6.92. The fraction of sp³-hybridized carbons (Fsp3) is 0.500. The summed E-state index contributed by atoms with van der Waals surface area (Å²) in [6, 6.07) is 3.89. The summed E-state index contributed by atoms with van der Waals surface area (Å²) in [5.74, 6) is 0.285. The molecule has 0 saturated heterocycles. The number of aryl methyl sites for hydroxylation is 2. The lowest BCUT2D eigenvalue weighted by atomic mass is 10.0. The summed E-state index contributed by atoms with van der Waals surface area (Å²) >= 11 is 3.44. The standard InChI is InChI=1S/C14H21BrN2O/c1-8(2)12(16)7-13(18)17-14-9(3)5-11(15)6-10(14)4/h5-6,8,12H,7,16H2,1-4H3,(H,17,18). The Kier molecular flexibility index (Phi) is 5.35. The van der Waals surface area contributed by atoms with Crippen LogP contribution in [0.15, 0.2) is 16.6 Å². The second kappa shape index (κ2) is 6.34. The van der Waals surface area contributed by atoms with Gasteiger partial charge in [-0.1, -0.05) is 29.8 Å². The molecule has 0 fully saturated rings. The third kappa shape index (κ3) is 4.10. The number of hydrogen-bond donors (Lipinski definition) is 2. The Balaban J connectivity index is 2.77. The highest BCUT2D eigenvalue weighted by atomic mass is 79.9. The minimum atomic E-state index is -0.0962. The number of nitrogens with two attached hydrogens (primary N) is 1. The zero-order valence-corrected chi connectivity index (χ0v) is 13.0. The van der Waals surface area contributed by atoms with Crippen molar-refractivity contribution in [3.63, 3.8) is 0 Å². The summed E-state index contributed by atoms with van der Waals surface area (Å²) < 4.78 is 1.02. The number of rotatable bonds is 4. The number of nitrogens with one attached hydrogen (secondary N) is 1. The first-order valence-electron chi connectivity index (χ1n) is 6.13. The van der Waals surface area contributed by atoms with Gasteiger partial charge in [0.2, 0.25) is 5.91 Å². The van der Waals surface area contributed by atoms with Gasteiger partial charge in [-0.25, -0.2) is 0 Å². The van der Waals surface area contributed by atoms with Gasteiger partial charge in [-0.15, -0.1) is 0 Å². The number of carbonyl (C=O) groups is 1. The van der Waals surface area contributed by atoms with Crippen LogP contribution in [0.3, 0.4) is 0 Å². The Morgan fingerprint density at radius 2 is 1.83 bits per heavy atom. The molecule has 1 aromatic carbocycles. The number of amides is 1. The first kappa shape index (κ1) is 15.2. The van der Waals surface area contributed by atoms with Crippen molar-refractivity contribution < 1.29 is 4.79 Å². The van der Waals surface area contributed by atoms with Crippen LogP contribution >= 0.6 is 15.9 Å². The predicted octanol–water partition coefficient (Wildman–Crippen LogP) is 3.38. The molecule has 100 valence electrons. The maximum atomic E-state index is 11.9. The Morgan fingerprint density at radius 3 is 2.28 bits per heavy atom. The minimum absolute atomic E-state index is 0.0234. The van der Waals surface area contributed by atoms with Crippen molar-refractivity contribution in [3.05, 3.63) is 27.7 Å². The monoisotopic (exact) mass is 312 g/mol. The zero-order valence-electron chi connectivity index (χ0n) is 11.4. The molecule has 1 unspecified atom stereocenters. The van der Waals surface area contributed by atoms with Crippen LogP contribution in [0, 0.1) is 19.8 Å². The van der Waals surface area contributed by atoms with Crippen molar-refractivity contribution in [2.24, 2.45) is 11.7 Å². The van der Waals surface area contributed by atoms with Crippen molar-refractivity contribution in [3.8, 4) is 0 Å². The molecule has 0 saturated carbocycles. The van der Waals surface area contributed by atoms with E-state index in [-0.39, 0.29) is 11.9 Å². The Hall–Kier alpha value is -0.870. The van der Waals surface area contributed by atoms with Gasteiger partial charge in [0.15, 0.2) is 0 Å². The highest BCUT2D eigenvalue weighted by molar-refractivity contribution is 9.10. The molecular formula is C14H21BrN2O. The quantitative estimate of drug-likeness (QED) is 0.895. The zero-order chi connectivity index (χ0) is 13.9. The molecular weight excluding hydrogens is 292 g/mol. The van der Waals surface area contributed by atoms with E-state index in [4.69, 9.17) is 5.73 Å². The molecule has 3 nitrogen and oxygen atoms in total. The average molecular weight is 313 g/mol. The van der Waals surface area contributed by atoms with E-state index in [1.165, 1.54) is 0 Å². The van der Waals surface area contributed by atoms with Crippen molar-refractivity contribution in [1.29, 1.82) is 0 Å². The normalized spacial score (nSPS) is 12.6. The van der Waals surface area contributed by atoms with Gasteiger partial charge in [0.1, 0.15) is 0 Å². The molecule has 18 heavy (non-hydrogen) atoms. The van der Waals surface area contributed by atoms with Crippen molar-refractivity contribution in [2.45, 2.75) is 40.2 Å². The van der Waals surface area contributed by atoms with E-state index < -0.39 is 0 Å². The van der Waals surface area contributed by atoms with Gasteiger partial charge in [0.05, 0.1) is 0 Å². The number of benzene rings is 1. The van der Waals surface area contributed by atoms with Crippen LogP contribution in [0.2, 0.25) is 0 Å². The smallest absolute Gasteiger partial charge is 0.225 e. The van der Waals surface area contributed by atoms with Crippen molar-refractivity contribution in [2.75, 3.05) is 5.32 Å². The molecule has 4 heteroatoms. The van der Waals surface area contributed by atoms with Gasteiger partial charge in [-0.2, -0.15) is 0 Å². The first-order chi connectivity index (χ1) is 8.31. The minimum Gasteiger partial charge on any atom is -0.327 e. The van der Waals surface area contributed by atoms with Crippen LogP contribution in [0.1, 0.15) is 31.4 Å². The molecule has 0 aliphatic carbocycles. The SMILES string of the molecule is Cc1cc(Br)cc(C)c1NC(=O)CC(N)C(C)C. The Labute approximate surface area is 117 Å². The van der Waals surface area contributed by atoms with Gasteiger partial charge >= 0.3 is 0 Å². The molecule has 0 spiro atoms. The van der Waals surface area contributed by atoms with E-state index in [0.29, 0.717) is 12.3 Å². The molecule has 0 heterocycles. The van der Waals surface area contributed by atoms with Crippen LogP contribution in [-0.2, 0) is 4.79 Å². The van der Waals surface area contributed by atoms with E-state index in [9.17, 15) is 4.79 Å². The summed E-state index contributed by atoms with van der Waals surface area (Å²) in [4.78, 5) is 11.9. The Bertz CT molecular complexity index is 420. The van der Waals surface area contributed by atoms with Crippen LogP contribution in [0.5, 0.6) is 0 Å². The molecule has 1 rings (SSSR count). The van der Waals surface area contributed by atoms with E-state index in [2.05, 4.69) is 21.2 Å². The third-order valence-electron chi connectivity index (χ3n) is 3.04. The molecule has 0 radical (unpaired) electrons. The average Bonchev–Trinajstić information content (AvgIpc) is 2.23. The number of halogens is 1. The van der Waals surface area contributed by atoms with Crippen molar-refractivity contribution >= 4 is 27.5 Å². The molecule has 1 atom stereocenters. The van der Waals surface area contributed by atoms with Gasteiger partial charge in [-0.05, 0) is 43.0 Å². The van der Waals surface area contributed by atoms with Crippen LogP contribution in [0.4, 0.5) is 5.69 Å². The second-order valence-corrected chi connectivity index (χ2v) is 5.99.